The summed E-state index contributed by atoms with van der Waals surface area (Å²) in [6.45, 7) is 2.08. The number of hydrogen-bond acceptors (Lipinski definition) is 1. The molecule has 2 aliphatic carbocycles. The number of allylic oxidation sites excluding steroid dienone is 2. The predicted molar refractivity (Wildman–Crippen MR) is 83.1 cm³/mol. The second kappa shape index (κ2) is 5.72. The summed E-state index contributed by atoms with van der Waals surface area (Å²) in [5.74, 6) is 3.54. The smallest absolute Gasteiger partial charge is 0.331 e. The van der Waals surface area contributed by atoms with Crippen LogP contribution in [-0.4, -0.2) is 8.35 Å². The first-order valence-electron chi connectivity index (χ1n) is 7.27. The Morgan fingerprint density at radius 1 is 1.26 bits per heavy atom. The number of halogens is 1. The van der Waals surface area contributed by atoms with Gasteiger partial charge in [-0.2, -0.15) is 0 Å². The summed E-state index contributed by atoms with van der Waals surface area (Å²) >= 11 is 6.47. The molecule has 0 N–H and O–H groups in total. The fourth-order valence-electron chi connectivity index (χ4n) is 3.46. The van der Waals surface area contributed by atoms with Crippen LogP contribution in [-0.2, 0) is 0 Å². The molecule has 1 aromatic carbocycles. The van der Waals surface area contributed by atoms with Crippen molar-refractivity contribution >= 4 is 19.4 Å². The fraction of sp³-hybridized carbons (Fsp3) is 0.500. The summed E-state index contributed by atoms with van der Waals surface area (Å²) in [4.78, 5) is 0. The van der Waals surface area contributed by atoms with Crippen LogP contribution >= 0.6 is 11.1 Å². The van der Waals surface area contributed by atoms with Crippen molar-refractivity contribution in [1.82, 2.24) is 0 Å². The van der Waals surface area contributed by atoms with E-state index in [0.717, 1.165) is 29.5 Å². The molecule has 1 aromatic rings. The van der Waals surface area contributed by atoms with E-state index < -0.39 is 8.35 Å². The maximum Gasteiger partial charge on any atom is 0.331 e. The molecule has 3 heteroatoms. The second-order valence-electron chi connectivity index (χ2n) is 5.91. The molecule has 0 amide bonds. The molecule has 0 radical (unpaired) electrons. The largest absolute Gasteiger partial charge is 0.531 e. The first-order valence-corrected chi connectivity index (χ1v) is 10.3. The van der Waals surface area contributed by atoms with Crippen LogP contribution in [0.1, 0.15) is 24.8 Å². The van der Waals surface area contributed by atoms with E-state index >= 15 is 0 Å². The Kier molecular flexibility index (Phi) is 3.99. The zero-order valence-corrected chi connectivity index (χ0v) is 13.3. The Bertz CT molecular complexity index is 474. The monoisotopic (exact) mass is 292 g/mol. The number of para-hydroxylation sites is 1. The van der Waals surface area contributed by atoms with Gasteiger partial charge in [-0.15, -0.1) is 11.1 Å². The van der Waals surface area contributed by atoms with Crippen molar-refractivity contribution in [3.8, 4) is 5.75 Å². The van der Waals surface area contributed by atoms with Crippen LogP contribution in [0.25, 0.3) is 0 Å². The zero-order chi connectivity index (χ0) is 13.2. The van der Waals surface area contributed by atoms with Crippen molar-refractivity contribution < 1.29 is 4.43 Å². The van der Waals surface area contributed by atoms with E-state index in [1.807, 2.05) is 18.2 Å². The van der Waals surface area contributed by atoms with Gasteiger partial charge in [0.25, 0.3) is 0 Å². The van der Waals surface area contributed by atoms with Crippen LogP contribution in [0.4, 0.5) is 0 Å². The van der Waals surface area contributed by atoms with E-state index in [4.69, 9.17) is 15.5 Å². The highest BCUT2D eigenvalue weighted by Gasteiger charge is 2.35. The third-order valence-corrected chi connectivity index (χ3v) is 6.75. The van der Waals surface area contributed by atoms with Crippen LogP contribution in [0.3, 0.4) is 0 Å². The average Bonchev–Trinajstić information content (AvgIpc) is 3.01. The van der Waals surface area contributed by atoms with Gasteiger partial charge < -0.3 is 4.43 Å². The molecule has 2 aliphatic rings. The third kappa shape index (κ3) is 3.06. The highest BCUT2D eigenvalue weighted by molar-refractivity contribution is 7.03. The first-order chi connectivity index (χ1) is 9.22. The standard InChI is InChI=1S/C16H21ClOSi/c1-12-4-2-3-5-16(12)18-19(17)9-8-15-11-13-6-7-14(15)10-13/h2-7,13-15,19H,8-11H2,1H3. The highest BCUT2D eigenvalue weighted by atomic mass is 35.6. The molecule has 0 aromatic heterocycles. The van der Waals surface area contributed by atoms with E-state index in [1.165, 1.54) is 24.8 Å². The van der Waals surface area contributed by atoms with Crippen LogP contribution in [0.15, 0.2) is 36.4 Å². The first kappa shape index (κ1) is 13.3. The number of fused-ring (bicyclic) bond motifs is 2. The molecule has 0 saturated heterocycles. The summed E-state index contributed by atoms with van der Waals surface area (Å²) in [6.07, 6.45) is 8.84. The number of aryl methyl sites for hydroxylation is 1. The molecular formula is C16H21ClOSi. The molecule has 102 valence electrons. The summed E-state index contributed by atoms with van der Waals surface area (Å²) < 4.78 is 5.97. The van der Waals surface area contributed by atoms with Gasteiger partial charge in [-0.25, -0.2) is 0 Å². The van der Waals surface area contributed by atoms with Crippen molar-refractivity contribution in [1.29, 1.82) is 0 Å². The molecular weight excluding hydrogens is 272 g/mol. The van der Waals surface area contributed by atoms with Crippen molar-refractivity contribution in [2.75, 3.05) is 0 Å². The van der Waals surface area contributed by atoms with Gasteiger partial charge in [0.1, 0.15) is 5.75 Å². The van der Waals surface area contributed by atoms with Gasteiger partial charge in [0, 0.05) is 0 Å². The van der Waals surface area contributed by atoms with Gasteiger partial charge in [-0.05, 0) is 61.6 Å². The Morgan fingerprint density at radius 2 is 2.11 bits per heavy atom. The number of rotatable bonds is 5. The van der Waals surface area contributed by atoms with Crippen LogP contribution in [0.2, 0.25) is 6.04 Å². The lowest BCUT2D eigenvalue weighted by Gasteiger charge is -2.19. The van der Waals surface area contributed by atoms with E-state index in [2.05, 4.69) is 25.1 Å². The Hall–Kier alpha value is -0.733. The molecule has 0 aliphatic heterocycles. The van der Waals surface area contributed by atoms with E-state index in [-0.39, 0.29) is 0 Å². The lowest BCUT2D eigenvalue weighted by atomic mass is 9.91. The zero-order valence-electron chi connectivity index (χ0n) is 11.4. The van der Waals surface area contributed by atoms with Crippen molar-refractivity contribution in [3.05, 3.63) is 42.0 Å². The van der Waals surface area contributed by atoms with E-state index in [9.17, 15) is 0 Å². The SMILES string of the molecule is Cc1ccccc1O[SiH](Cl)CCC1CC2C=CC1C2. The van der Waals surface area contributed by atoms with Crippen molar-refractivity contribution in [2.45, 2.75) is 32.2 Å². The molecule has 2 bridgehead atoms. The van der Waals surface area contributed by atoms with Gasteiger partial charge in [-0.1, -0.05) is 30.4 Å². The van der Waals surface area contributed by atoms with Crippen molar-refractivity contribution in [3.63, 3.8) is 0 Å². The van der Waals surface area contributed by atoms with Crippen molar-refractivity contribution in [2.24, 2.45) is 17.8 Å². The highest BCUT2D eigenvalue weighted by Crippen LogP contribution is 2.45. The van der Waals surface area contributed by atoms with Crippen LogP contribution < -0.4 is 4.43 Å². The predicted octanol–water partition coefficient (Wildman–Crippen LogP) is 4.44. The summed E-state index contributed by atoms with van der Waals surface area (Å²) in [5, 5.41) is 0. The molecule has 1 nitrogen and oxygen atoms in total. The van der Waals surface area contributed by atoms with E-state index in [0.29, 0.717) is 0 Å². The molecule has 19 heavy (non-hydrogen) atoms. The molecule has 1 saturated carbocycles. The maximum absolute atomic E-state index is 6.47. The number of benzene rings is 1. The van der Waals surface area contributed by atoms with Gasteiger partial charge in [-0.3, -0.25) is 0 Å². The molecule has 0 spiro atoms. The van der Waals surface area contributed by atoms with Crippen LogP contribution in [0, 0.1) is 24.7 Å². The second-order valence-corrected chi connectivity index (χ2v) is 9.00. The Balaban J connectivity index is 1.48. The van der Waals surface area contributed by atoms with Crippen LogP contribution in [0.5, 0.6) is 5.75 Å². The maximum atomic E-state index is 6.47. The quantitative estimate of drug-likeness (QED) is 0.443. The summed E-state index contributed by atoms with van der Waals surface area (Å²) in [6, 6.07) is 9.24. The fourth-order valence-corrected chi connectivity index (χ4v) is 5.47. The van der Waals surface area contributed by atoms with Gasteiger partial charge in [0.05, 0.1) is 0 Å². The van der Waals surface area contributed by atoms with Gasteiger partial charge in [0.2, 0.25) is 0 Å². The van der Waals surface area contributed by atoms with Gasteiger partial charge >= 0.3 is 8.35 Å². The minimum Gasteiger partial charge on any atom is -0.531 e. The number of hydrogen-bond donors (Lipinski definition) is 0. The molecule has 4 unspecified atom stereocenters. The minimum atomic E-state index is -1.59. The lowest BCUT2D eigenvalue weighted by molar-refractivity contribution is 0.427. The topological polar surface area (TPSA) is 9.23 Å². The normalized spacial score (nSPS) is 29.7. The summed E-state index contributed by atoms with van der Waals surface area (Å²) in [7, 11) is -1.59. The average molecular weight is 293 g/mol. The minimum absolute atomic E-state index is 0.835. The molecule has 0 heterocycles. The molecule has 3 rings (SSSR count). The molecule has 4 atom stereocenters. The molecule has 1 fully saturated rings. The van der Waals surface area contributed by atoms with Gasteiger partial charge in [0.15, 0.2) is 0 Å². The summed E-state index contributed by atoms with van der Waals surface area (Å²) in [5.41, 5.74) is 1.18. The Morgan fingerprint density at radius 3 is 2.79 bits per heavy atom. The lowest BCUT2D eigenvalue weighted by Crippen LogP contribution is -2.17. The Labute approximate surface area is 122 Å². The third-order valence-electron chi connectivity index (χ3n) is 4.53. The van der Waals surface area contributed by atoms with E-state index in [1.54, 1.807) is 0 Å².